The lowest BCUT2D eigenvalue weighted by molar-refractivity contribution is 0.426. The molecule has 0 atom stereocenters. The van der Waals surface area contributed by atoms with Crippen LogP contribution in [0.3, 0.4) is 0 Å². The Bertz CT molecular complexity index is 480. The smallest absolute Gasteiger partial charge is 0.128 e. The van der Waals surface area contributed by atoms with Gasteiger partial charge in [-0.15, -0.1) is 0 Å². The Morgan fingerprint density at radius 2 is 2.38 bits per heavy atom. The molecule has 3 heterocycles. The second kappa shape index (κ2) is 3.75. The van der Waals surface area contributed by atoms with Crippen LogP contribution in [0.4, 0.5) is 0 Å². The Morgan fingerprint density at radius 3 is 3.00 bits per heavy atom. The molecule has 1 fully saturated rings. The molecule has 0 unspecified atom stereocenters. The number of nitrogens with one attached hydrogen (secondary N) is 1. The van der Waals surface area contributed by atoms with E-state index in [1.54, 1.807) is 0 Å². The molecule has 1 N–H and O–H groups in total. The van der Waals surface area contributed by atoms with Crippen molar-refractivity contribution in [3.05, 3.63) is 36.4 Å². The largest absolute Gasteiger partial charge is 0.337 e. The summed E-state index contributed by atoms with van der Waals surface area (Å²) in [5.74, 6) is 1.68. The van der Waals surface area contributed by atoms with E-state index in [0.717, 1.165) is 25.5 Å². The maximum absolute atomic E-state index is 4.33. The molecule has 0 amide bonds. The van der Waals surface area contributed by atoms with E-state index in [0.29, 0.717) is 5.92 Å². The summed E-state index contributed by atoms with van der Waals surface area (Å²) in [4.78, 5) is 8.57. The summed E-state index contributed by atoms with van der Waals surface area (Å²) < 4.78 is 4.23. The van der Waals surface area contributed by atoms with Crippen LogP contribution in [0, 0.1) is 0 Å². The number of rotatable bonds is 3. The summed E-state index contributed by atoms with van der Waals surface area (Å²) >= 11 is 0. The summed E-state index contributed by atoms with van der Waals surface area (Å²) in [5, 5.41) is 3.29. The minimum Gasteiger partial charge on any atom is -0.337 e. The molecule has 0 saturated carbocycles. The first kappa shape index (κ1) is 9.59. The predicted molar refractivity (Wildman–Crippen MR) is 60.1 cm³/mol. The Hall–Kier alpha value is -1.62. The molecule has 1 aliphatic heterocycles. The minimum absolute atomic E-state index is 0.614. The molecule has 1 aliphatic rings. The molecule has 3 rings (SSSR count). The zero-order chi connectivity index (χ0) is 11.0. The van der Waals surface area contributed by atoms with Gasteiger partial charge in [-0.3, -0.25) is 0 Å². The van der Waals surface area contributed by atoms with Gasteiger partial charge in [0.2, 0.25) is 0 Å². The average molecular weight is 217 g/mol. The Morgan fingerprint density at radius 1 is 1.50 bits per heavy atom. The van der Waals surface area contributed by atoms with Gasteiger partial charge in [0.1, 0.15) is 5.82 Å². The second-order valence-electron chi connectivity index (χ2n) is 4.26. The maximum Gasteiger partial charge on any atom is 0.128 e. The number of aryl methyl sites for hydroxylation is 1. The van der Waals surface area contributed by atoms with Crippen LogP contribution in [0.25, 0.3) is 0 Å². The fourth-order valence-corrected chi connectivity index (χ4v) is 2.00. The standard InChI is InChI=1S/C11H15N5/c1-15-3-2-14-11(15)7-16-8-13-6-10(16)9-4-12-5-9/h2-3,6,8-9,12H,4-5,7H2,1H3. The highest BCUT2D eigenvalue weighted by Gasteiger charge is 2.22. The first-order valence-electron chi connectivity index (χ1n) is 5.51. The highest BCUT2D eigenvalue weighted by atomic mass is 15.1. The molecule has 0 aromatic carbocycles. The summed E-state index contributed by atoms with van der Waals surface area (Å²) in [6.45, 7) is 2.92. The van der Waals surface area contributed by atoms with Gasteiger partial charge < -0.3 is 14.5 Å². The molecule has 0 bridgehead atoms. The zero-order valence-electron chi connectivity index (χ0n) is 9.30. The first-order chi connectivity index (χ1) is 7.84. The van der Waals surface area contributed by atoms with Crippen molar-refractivity contribution in [1.82, 2.24) is 24.4 Å². The summed E-state index contributed by atoms with van der Waals surface area (Å²) in [6, 6.07) is 0. The fraction of sp³-hybridized carbons (Fsp3) is 0.455. The lowest BCUT2D eigenvalue weighted by Gasteiger charge is -2.27. The van der Waals surface area contributed by atoms with Gasteiger partial charge in [0, 0.05) is 50.3 Å². The Labute approximate surface area is 94.1 Å². The van der Waals surface area contributed by atoms with Crippen LogP contribution in [0.15, 0.2) is 24.9 Å². The van der Waals surface area contributed by atoms with E-state index in [9.17, 15) is 0 Å². The van der Waals surface area contributed by atoms with Crippen LogP contribution in [-0.2, 0) is 13.6 Å². The fourth-order valence-electron chi connectivity index (χ4n) is 2.00. The molecule has 84 valence electrons. The van der Waals surface area contributed by atoms with Crippen molar-refractivity contribution < 1.29 is 0 Å². The predicted octanol–water partition coefficient (Wildman–Crippen LogP) is 0.352. The quantitative estimate of drug-likeness (QED) is 0.807. The van der Waals surface area contributed by atoms with E-state index in [-0.39, 0.29) is 0 Å². The van der Waals surface area contributed by atoms with Crippen molar-refractivity contribution in [2.45, 2.75) is 12.5 Å². The van der Waals surface area contributed by atoms with Gasteiger partial charge in [-0.1, -0.05) is 0 Å². The third kappa shape index (κ3) is 1.53. The van der Waals surface area contributed by atoms with E-state index >= 15 is 0 Å². The summed E-state index contributed by atoms with van der Waals surface area (Å²) in [5.41, 5.74) is 1.31. The van der Waals surface area contributed by atoms with Crippen molar-refractivity contribution in [3.8, 4) is 0 Å². The van der Waals surface area contributed by atoms with Gasteiger partial charge >= 0.3 is 0 Å². The first-order valence-corrected chi connectivity index (χ1v) is 5.51. The Balaban J connectivity index is 1.84. The minimum atomic E-state index is 0.614. The van der Waals surface area contributed by atoms with Crippen molar-refractivity contribution in [1.29, 1.82) is 0 Å². The number of hydrogen-bond acceptors (Lipinski definition) is 3. The molecule has 2 aromatic rings. The third-order valence-electron chi connectivity index (χ3n) is 3.18. The van der Waals surface area contributed by atoms with E-state index in [4.69, 9.17) is 0 Å². The van der Waals surface area contributed by atoms with Gasteiger partial charge in [-0.2, -0.15) is 0 Å². The normalized spacial score (nSPS) is 16.3. The molecular weight excluding hydrogens is 202 g/mol. The SMILES string of the molecule is Cn1ccnc1Cn1cncc1C1CNC1. The van der Waals surface area contributed by atoms with Crippen molar-refractivity contribution >= 4 is 0 Å². The monoisotopic (exact) mass is 217 g/mol. The maximum atomic E-state index is 4.33. The van der Waals surface area contributed by atoms with Gasteiger partial charge in [-0.05, 0) is 0 Å². The lowest BCUT2D eigenvalue weighted by Crippen LogP contribution is -2.41. The van der Waals surface area contributed by atoms with Crippen molar-refractivity contribution in [3.63, 3.8) is 0 Å². The number of nitrogens with zero attached hydrogens (tertiary/aromatic N) is 4. The van der Waals surface area contributed by atoms with Crippen molar-refractivity contribution in [2.24, 2.45) is 7.05 Å². The molecule has 0 spiro atoms. The van der Waals surface area contributed by atoms with Crippen LogP contribution >= 0.6 is 0 Å². The highest BCUT2D eigenvalue weighted by molar-refractivity contribution is 5.13. The number of hydrogen-bond donors (Lipinski definition) is 1. The van der Waals surface area contributed by atoms with E-state index < -0.39 is 0 Å². The zero-order valence-corrected chi connectivity index (χ0v) is 9.30. The molecule has 16 heavy (non-hydrogen) atoms. The average Bonchev–Trinajstić information content (AvgIpc) is 2.76. The lowest BCUT2D eigenvalue weighted by atomic mass is 10.00. The summed E-state index contributed by atoms with van der Waals surface area (Å²) in [6.07, 6.45) is 7.66. The molecule has 5 nitrogen and oxygen atoms in total. The topological polar surface area (TPSA) is 47.7 Å². The van der Waals surface area contributed by atoms with E-state index in [1.807, 2.05) is 36.5 Å². The highest BCUT2D eigenvalue weighted by Crippen LogP contribution is 2.19. The summed E-state index contributed by atoms with van der Waals surface area (Å²) in [7, 11) is 2.02. The number of imidazole rings is 2. The van der Waals surface area contributed by atoms with Gasteiger partial charge in [0.15, 0.2) is 0 Å². The van der Waals surface area contributed by atoms with Crippen LogP contribution in [-0.4, -0.2) is 32.2 Å². The third-order valence-corrected chi connectivity index (χ3v) is 3.18. The molecule has 1 saturated heterocycles. The molecule has 2 aromatic heterocycles. The van der Waals surface area contributed by atoms with Gasteiger partial charge in [0.25, 0.3) is 0 Å². The Kier molecular flexibility index (Phi) is 2.25. The molecule has 5 heteroatoms. The van der Waals surface area contributed by atoms with Crippen LogP contribution in [0.2, 0.25) is 0 Å². The molecular formula is C11H15N5. The van der Waals surface area contributed by atoms with Crippen LogP contribution in [0.1, 0.15) is 17.4 Å². The number of aromatic nitrogens is 4. The van der Waals surface area contributed by atoms with Crippen LogP contribution in [0.5, 0.6) is 0 Å². The van der Waals surface area contributed by atoms with Gasteiger partial charge in [0.05, 0.1) is 12.9 Å². The van der Waals surface area contributed by atoms with Crippen molar-refractivity contribution in [2.75, 3.05) is 13.1 Å². The second-order valence-corrected chi connectivity index (χ2v) is 4.26. The molecule has 0 radical (unpaired) electrons. The van der Waals surface area contributed by atoms with Crippen LogP contribution < -0.4 is 5.32 Å². The van der Waals surface area contributed by atoms with E-state index in [1.165, 1.54) is 5.69 Å². The van der Waals surface area contributed by atoms with Gasteiger partial charge in [-0.25, -0.2) is 9.97 Å². The molecule has 0 aliphatic carbocycles. The van der Waals surface area contributed by atoms with E-state index in [2.05, 4.69) is 19.9 Å².